The van der Waals surface area contributed by atoms with Gasteiger partial charge in [-0.25, -0.2) is 4.79 Å². The Balaban J connectivity index is 1.71. The van der Waals surface area contributed by atoms with Gasteiger partial charge in [0.05, 0.1) is 17.8 Å². The first-order valence-electron chi connectivity index (χ1n) is 8.61. The first kappa shape index (κ1) is 18.9. The molecule has 27 heavy (non-hydrogen) atoms. The van der Waals surface area contributed by atoms with Crippen molar-refractivity contribution in [3.8, 4) is 11.4 Å². The van der Waals surface area contributed by atoms with Crippen molar-refractivity contribution < 1.29 is 9.53 Å². The third-order valence-corrected chi connectivity index (χ3v) is 4.76. The molecule has 0 saturated carbocycles. The molecule has 0 unspecified atom stereocenters. The van der Waals surface area contributed by atoms with E-state index >= 15 is 0 Å². The van der Waals surface area contributed by atoms with Crippen molar-refractivity contribution in [2.45, 2.75) is 20.4 Å². The summed E-state index contributed by atoms with van der Waals surface area (Å²) in [6.45, 7) is 4.51. The smallest absolute Gasteiger partial charge is 0.319 e. The number of nitrogens with zero attached hydrogens (tertiary/aromatic N) is 1. The summed E-state index contributed by atoms with van der Waals surface area (Å²) >= 11 is 6.07. The molecule has 6 heteroatoms. The minimum Gasteiger partial charge on any atom is -0.497 e. The molecule has 2 amide bonds. The van der Waals surface area contributed by atoms with Gasteiger partial charge >= 0.3 is 6.03 Å². The summed E-state index contributed by atoms with van der Waals surface area (Å²) in [7, 11) is 1.65. The highest BCUT2D eigenvalue weighted by Gasteiger charge is 2.12. The number of carbonyl (C=O) groups is 1. The van der Waals surface area contributed by atoms with E-state index in [1.165, 1.54) is 0 Å². The average molecular weight is 384 g/mol. The lowest BCUT2D eigenvalue weighted by molar-refractivity contribution is 0.251. The van der Waals surface area contributed by atoms with Gasteiger partial charge in [-0.15, -0.1) is 0 Å². The monoisotopic (exact) mass is 383 g/mol. The molecule has 0 atom stereocenters. The van der Waals surface area contributed by atoms with E-state index < -0.39 is 0 Å². The molecule has 0 fully saturated rings. The van der Waals surface area contributed by atoms with Crippen LogP contribution in [-0.2, 0) is 6.54 Å². The van der Waals surface area contributed by atoms with Crippen molar-refractivity contribution >= 4 is 23.3 Å². The maximum Gasteiger partial charge on any atom is 0.319 e. The van der Waals surface area contributed by atoms with Crippen LogP contribution in [0.2, 0.25) is 5.02 Å². The molecule has 0 aliphatic rings. The number of halogens is 1. The lowest BCUT2D eigenvalue weighted by Crippen LogP contribution is -2.28. The summed E-state index contributed by atoms with van der Waals surface area (Å²) in [5.41, 5.74) is 4.87. The van der Waals surface area contributed by atoms with E-state index in [2.05, 4.69) is 21.3 Å². The average Bonchev–Trinajstić information content (AvgIpc) is 2.95. The number of ether oxygens (including phenoxy) is 1. The third-order valence-electron chi connectivity index (χ3n) is 4.43. The van der Waals surface area contributed by atoms with Crippen molar-refractivity contribution in [1.82, 2.24) is 9.88 Å². The summed E-state index contributed by atoms with van der Waals surface area (Å²) in [6.07, 6.45) is 0. The molecule has 1 aromatic heterocycles. The Morgan fingerprint density at radius 1 is 1.11 bits per heavy atom. The number of aryl methyl sites for hydroxylation is 1. The van der Waals surface area contributed by atoms with Gasteiger partial charge in [-0.3, -0.25) is 0 Å². The Labute approximate surface area is 163 Å². The highest BCUT2D eigenvalue weighted by atomic mass is 35.5. The number of urea groups is 1. The number of aromatic nitrogens is 1. The maximum absolute atomic E-state index is 12.2. The van der Waals surface area contributed by atoms with Crippen LogP contribution in [0.25, 0.3) is 5.69 Å². The Bertz CT molecular complexity index is 949. The third kappa shape index (κ3) is 4.26. The fourth-order valence-electron chi connectivity index (χ4n) is 3.04. The van der Waals surface area contributed by atoms with Crippen LogP contribution in [0.15, 0.2) is 54.6 Å². The number of hydrogen-bond acceptors (Lipinski definition) is 2. The number of para-hydroxylation sites is 1. The second kappa shape index (κ2) is 8.18. The van der Waals surface area contributed by atoms with E-state index in [0.717, 1.165) is 28.4 Å². The molecule has 0 aliphatic carbocycles. The van der Waals surface area contributed by atoms with Crippen LogP contribution in [0, 0.1) is 13.8 Å². The molecule has 0 bridgehead atoms. The van der Waals surface area contributed by atoms with Crippen LogP contribution in [0.3, 0.4) is 0 Å². The largest absolute Gasteiger partial charge is 0.497 e. The van der Waals surface area contributed by atoms with Gasteiger partial charge in [-0.2, -0.15) is 0 Å². The molecule has 0 spiro atoms. The molecular weight excluding hydrogens is 362 g/mol. The summed E-state index contributed by atoms with van der Waals surface area (Å²) in [5.74, 6) is 0.819. The van der Waals surface area contributed by atoms with Crippen molar-refractivity contribution in [3.05, 3.63) is 76.6 Å². The minimum atomic E-state index is -0.294. The lowest BCUT2D eigenvalue weighted by atomic mass is 10.2. The van der Waals surface area contributed by atoms with E-state index in [1.807, 2.05) is 50.2 Å². The zero-order valence-corrected chi connectivity index (χ0v) is 16.3. The summed E-state index contributed by atoms with van der Waals surface area (Å²) < 4.78 is 7.37. The van der Waals surface area contributed by atoms with E-state index in [4.69, 9.17) is 16.3 Å². The van der Waals surface area contributed by atoms with E-state index in [9.17, 15) is 4.79 Å². The quantitative estimate of drug-likeness (QED) is 0.645. The first-order valence-corrected chi connectivity index (χ1v) is 8.99. The van der Waals surface area contributed by atoms with Crippen LogP contribution in [0.1, 0.15) is 17.0 Å². The Kier molecular flexibility index (Phi) is 5.72. The number of benzene rings is 2. The lowest BCUT2D eigenvalue weighted by Gasteiger charge is -2.12. The number of amides is 2. The molecular formula is C21H22ClN3O2. The van der Waals surface area contributed by atoms with E-state index in [1.54, 1.807) is 19.2 Å². The molecule has 0 radical (unpaired) electrons. The minimum absolute atomic E-state index is 0.294. The van der Waals surface area contributed by atoms with Gasteiger partial charge in [-0.05, 0) is 61.9 Å². The number of methoxy groups -OCH3 is 1. The summed E-state index contributed by atoms with van der Waals surface area (Å²) in [4.78, 5) is 12.2. The SMILES string of the molecule is COc1ccc(-n2c(C)cc(CNC(=O)Nc3ccccc3Cl)c2C)cc1. The van der Waals surface area contributed by atoms with Gasteiger partial charge in [0.25, 0.3) is 0 Å². The molecule has 0 aliphatic heterocycles. The Hall–Kier alpha value is -2.92. The molecule has 5 nitrogen and oxygen atoms in total. The van der Waals surface area contributed by atoms with E-state index in [0.29, 0.717) is 17.3 Å². The van der Waals surface area contributed by atoms with Gasteiger partial charge < -0.3 is 19.9 Å². The number of carbonyl (C=O) groups excluding carboxylic acids is 1. The highest BCUT2D eigenvalue weighted by Crippen LogP contribution is 2.23. The molecule has 140 valence electrons. The van der Waals surface area contributed by atoms with Gasteiger partial charge in [0.15, 0.2) is 0 Å². The second-order valence-corrected chi connectivity index (χ2v) is 6.62. The Morgan fingerprint density at radius 2 is 1.81 bits per heavy atom. The fraction of sp³-hybridized carbons (Fsp3) is 0.190. The molecule has 2 aromatic carbocycles. The van der Waals surface area contributed by atoms with Crippen LogP contribution in [-0.4, -0.2) is 17.7 Å². The second-order valence-electron chi connectivity index (χ2n) is 6.22. The number of hydrogen-bond donors (Lipinski definition) is 2. The number of nitrogens with one attached hydrogen (secondary N) is 2. The fourth-order valence-corrected chi connectivity index (χ4v) is 3.22. The van der Waals surface area contributed by atoms with Gasteiger partial charge in [0.2, 0.25) is 0 Å². The Morgan fingerprint density at radius 3 is 2.48 bits per heavy atom. The standard InChI is InChI=1S/C21H22ClN3O2/c1-14-12-16(13-23-21(26)24-20-7-5-4-6-19(20)22)15(2)25(14)17-8-10-18(27-3)11-9-17/h4-12H,13H2,1-3H3,(H2,23,24,26). The predicted molar refractivity (Wildman–Crippen MR) is 109 cm³/mol. The van der Waals surface area contributed by atoms with Crippen LogP contribution < -0.4 is 15.4 Å². The summed E-state index contributed by atoms with van der Waals surface area (Å²) in [5, 5.41) is 6.15. The molecule has 3 aromatic rings. The first-order chi connectivity index (χ1) is 13.0. The van der Waals surface area contributed by atoms with Crippen LogP contribution in [0.4, 0.5) is 10.5 Å². The van der Waals surface area contributed by atoms with Gasteiger partial charge in [0.1, 0.15) is 5.75 Å². The van der Waals surface area contributed by atoms with Crippen molar-refractivity contribution in [3.63, 3.8) is 0 Å². The maximum atomic E-state index is 12.2. The predicted octanol–water partition coefficient (Wildman–Crippen LogP) is 5.08. The van der Waals surface area contributed by atoms with Crippen molar-refractivity contribution in [2.75, 3.05) is 12.4 Å². The number of anilines is 1. The van der Waals surface area contributed by atoms with Crippen LogP contribution in [0.5, 0.6) is 5.75 Å². The van der Waals surface area contributed by atoms with Gasteiger partial charge in [0, 0.05) is 23.6 Å². The number of rotatable bonds is 5. The van der Waals surface area contributed by atoms with E-state index in [-0.39, 0.29) is 6.03 Å². The van der Waals surface area contributed by atoms with Crippen molar-refractivity contribution in [1.29, 1.82) is 0 Å². The topological polar surface area (TPSA) is 55.3 Å². The zero-order valence-electron chi connectivity index (χ0n) is 15.5. The molecule has 2 N–H and O–H groups in total. The highest BCUT2D eigenvalue weighted by molar-refractivity contribution is 6.33. The zero-order chi connectivity index (χ0) is 19.4. The molecule has 0 saturated heterocycles. The van der Waals surface area contributed by atoms with Gasteiger partial charge in [-0.1, -0.05) is 23.7 Å². The van der Waals surface area contributed by atoms with Crippen molar-refractivity contribution in [2.24, 2.45) is 0 Å². The van der Waals surface area contributed by atoms with Crippen LogP contribution >= 0.6 is 11.6 Å². The molecule has 1 heterocycles. The molecule has 3 rings (SSSR count). The summed E-state index contributed by atoms with van der Waals surface area (Å²) in [6, 6.07) is 16.8. The normalized spacial score (nSPS) is 10.5.